The lowest BCUT2D eigenvalue weighted by molar-refractivity contribution is -0.274. The molecule has 0 saturated heterocycles. The van der Waals surface area contributed by atoms with Crippen molar-refractivity contribution in [3.8, 4) is 40.0 Å². The first-order valence-electron chi connectivity index (χ1n) is 9.89. The molecule has 33 heavy (non-hydrogen) atoms. The monoisotopic (exact) mass is 454 g/mol. The van der Waals surface area contributed by atoms with Crippen molar-refractivity contribution in [3.05, 3.63) is 66.7 Å². The first-order chi connectivity index (χ1) is 15.9. The fraction of sp³-hybridized carbons (Fsp3) is 0.130. The molecule has 10 heteroatoms. The zero-order valence-corrected chi connectivity index (χ0v) is 17.3. The smallest absolute Gasteiger partial charge is 0.454 e. The van der Waals surface area contributed by atoms with Gasteiger partial charge in [-0.25, -0.2) is 0 Å². The number of nitrogens with one attached hydrogen (secondary N) is 1. The largest absolute Gasteiger partial charge is 0.573 e. The summed E-state index contributed by atoms with van der Waals surface area (Å²) >= 11 is 0. The number of halogens is 3. The fourth-order valence-electron chi connectivity index (χ4n) is 3.55. The summed E-state index contributed by atoms with van der Waals surface area (Å²) in [6.07, 6.45) is -4.77. The quantitative estimate of drug-likeness (QED) is 0.427. The number of rotatable bonds is 5. The number of nitrogens with zero attached hydrogens (tertiary/aromatic N) is 3. The van der Waals surface area contributed by atoms with Crippen LogP contribution in [0.2, 0.25) is 0 Å². The van der Waals surface area contributed by atoms with Gasteiger partial charge in [-0.15, -0.1) is 23.4 Å². The molecule has 2 heterocycles. The van der Waals surface area contributed by atoms with Gasteiger partial charge in [0.15, 0.2) is 23.1 Å². The second kappa shape index (κ2) is 8.05. The highest BCUT2D eigenvalue weighted by molar-refractivity contribution is 5.80. The molecule has 0 aliphatic carbocycles. The molecule has 0 amide bonds. The summed E-state index contributed by atoms with van der Waals surface area (Å²) in [5.74, 6) is 1.81. The molecule has 168 valence electrons. The summed E-state index contributed by atoms with van der Waals surface area (Å²) in [6, 6.07) is 18.8. The Morgan fingerprint density at radius 2 is 1.70 bits per heavy atom. The molecular formula is C23H17F3N4O3. The van der Waals surface area contributed by atoms with E-state index in [0.717, 1.165) is 16.9 Å². The first kappa shape index (κ1) is 20.7. The number of aromatic amines is 1. The molecule has 4 aromatic rings. The third kappa shape index (κ3) is 4.27. The average Bonchev–Trinajstić information content (AvgIpc) is 3.47. The van der Waals surface area contributed by atoms with Crippen molar-refractivity contribution >= 4 is 11.4 Å². The van der Waals surface area contributed by atoms with Crippen LogP contribution in [0.1, 0.15) is 0 Å². The number of hydrogen-bond acceptors (Lipinski definition) is 6. The number of alkyl halides is 3. The van der Waals surface area contributed by atoms with E-state index in [2.05, 4.69) is 19.9 Å². The molecule has 0 atom stereocenters. The number of ether oxygens (including phenoxy) is 3. The summed E-state index contributed by atoms with van der Waals surface area (Å²) in [4.78, 5) is 5.06. The molecule has 0 saturated carbocycles. The van der Waals surface area contributed by atoms with Gasteiger partial charge in [0.1, 0.15) is 5.75 Å². The first-order valence-corrected chi connectivity index (χ1v) is 9.89. The van der Waals surface area contributed by atoms with Gasteiger partial charge in [0.2, 0.25) is 6.79 Å². The molecule has 3 aromatic carbocycles. The van der Waals surface area contributed by atoms with Crippen LogP contribution >= 0.6 is 0 Å². The summed E-state index contributed by atoms with van der Waals surface area (Å²) in [5.41, 5.74) is 2.90. The third-order valence-corrected chi connectivity index (χ3v) is 5.09. The number of H-pyrrole nitrogens is 1. The van der Waals surface area contributed by atoms with Gasteiger partial charge in [0.05, 0.1) is 5.69 Å². The van der Waals surface area contributed by atoms with Crippen LogP contribution in [0.5, 0.6) is 17.2 Å². The zero-order chi connectivity index (χ0) is 23.0. The summed E-state index contributed by atoms with van der Waals surface area (Å²) in [6.45, 7) is 0.190. The van der Waals surface area contributed by atoms with Gasteiger partial charge in [0.25, 0.3) is 0 Å². The van der Waals surface area contributed by atoms with E-state index in [1.165, 1.54) is 18.2 Å². The summed E-state index contributed by atoms with van der Waals surface area (Å²) in [7, 11) is 1.91. The standard InChI is InChI=1S/C23H17F3N4O3/c1-30(15-9-10-19-20(12-15)32-13-31-19)18-8-3-2-7-17(18)22-27-21(28-29-22)14-5-4-6-16(11-14)33-23(24,25)26/h2-12H,13H2,1H3,(H,27,28,29). The highest BCUT2D eigenvalue weighted by Crippen LogP contribution is 2.39. The van der Waals surface area contributed by atoms with Crippen LogP contribution in [0.3, 0.4) is 0 Å². The molecule has 0 unspecified atom stereocenters. The van der Waals surface area contributed by atoms with Crippen LogP contribution in [-0.4, -0.2) is 35.4 Å². The maximum atomic E-state index is 12.6. The molecule has 0 fully saturated rings. The zero-order valence-electron chi connectivity index (χ0n) is 17.3. The molecule has 0 spiro atoms. The van der Waals surface area contributed by atoms with Gasteiger partial charge < -0.3 is 24.1 Å². The average molecular weight is 454 g/mol. The molecule has 7 nitrogen and oxygen atoms in total. The Morgan fingerprint density at radius 3 is 2.55 bits per heavy atom. The molecular weight excluding hydrogens is 437 g/mol. The molecule has 0 bridgehead atoms. The second-order valence-electron chi connectivity index (χ2n) is 7.21. The van der Waals surface area contributed by atoms with Crippen molar-refractivity contribution in [2.75, 3.05) is 18.7 Å². The van der Waals surface area contributed by atoms with Crippen molar-refractivity contribution < 1.29 is 27.4 Å². The number of aromatic nitrogens is 3. The molecule has 5 rings (SSSR count). The molecule has 1 aromatic heterocycles. The molecule has 1 aliphatic rings. The lowest BCUT2D eigenvalue weighted by atomic mass is 10.1. The predicted octanol–water partition coefficient (Wildman–Crippen LogP) is 5.53. The van der Waals surface area contributed by atoms with E-state index >= 15 is 0 Å². The minimum atomic E-state index is -4.77. The number of fused-ring (bicyclic) bond motifs is 1. The van der Waals surface area contributed by atoms with E-state index in [-0.39, 0.29) is 12.5 Å². The van der Waals surface area contributed by atoms with Crippen LogP contribution in [0, 0.1) is 0 Å². The van der Waals surface area contributed by atoms with Crippen molar-refractivity contribution in [1.82, 2.24) is 15.2 Å². The van der Waals surface area contributed by atoms with Gasteiger partial charge in [-0.2, -0.15) is 0 Å². The SMILES string of the molecule is CN(c1ccc2c(c1)OCO2)c1ccccc1-c1nnc(-c2cccc(OC(F)(F)F)c2)[nH]1. The maximum absolute atomic E-state index is 12.6. The van der Waals surface area contributed by atoms with E-state index in [1.54, 1.807) is 6.07 Å². The Balaban J connectivity index is 1.46. The number of hydrogen-bond donors (Lipinski definition) is 1. The van der Waals surface area contributed by atoms with Gasteiger partial charge in [0, 0.05) is 29.9 Å². The van der Waals surface area contributed by atoms with Crippen molar-refractivity contribution in [2.45, 2.75) is 6.36 Å². The highest BCUT2D eigenvalue weighted by atomic mass is 19.4. The van der Waals surface area contributed by atoms with Gasteiger partial charge in [-0.05, 0) is 36.4 Å². The van der Waals surface area contributed by atoms with Crippen molar-refractivity contribution in [3.63, 3.8) is 0 Å². The van der Waals surface area contributed by atoms with Crippen LogP contribution in [0.4, 0.5) is 24.5 Å². The minimum Gasteiger partial charge on any atom is -0.454 e. The van der Waals surface area contributed by atoms with Crippen LogP contribution < -0.4 is 19.1 Å². The lowest BCUT2D eigenvalue weighted by Crippen LogP contribution is -2.17. The predicted molar refractivity (Wildman–Crippen MR) is 115 cm³/mol. The maximum Gasteiger partial charge on any atom is 0.573 e. The Kier molecular flexibility index (Phi) is 5.04. The summed E-state index contributed by atoms with van der Waals surface area (Å²) in [5, 5.41) is 8.35. The number of anilines is 2. The number of para-hydroxylation sites is 1. The summed E-state index contributed by atoms with van der Waals surface area (Å²) < 4.78 is 52.5. The van der Waals surface area contributed by atoms with Crippen molar-refractivity contribution in [1.29, 1.82) is 0 Å². The van der Waals surface area contributed by atoms with Crippen LogP contribution in [0.25, 0.3) is 22.8 Å². The Labute approximate surface area is 186 Å². The normalized spacial score (nSPS) is 12.6. The third-order valence-electron chi connectivity index (χ3n) is 5.09. The van der Waals surface area contributed by atoms with Gasteiger partial charge >= 0.3 is 6.36 Å². The van der Waals surface area contributed by atoms with E-state index in [1.807, 2.05) is 54.4 Å². The lowest BCUT2D eigenvalue weighted by Gasteiger charge is -2.22. The second-order valence-corrected chi connectivity index (χ2v) is 7.21. The van der Waals surface area contributed by atoms with Crippen LogP contribution in [0.15, 0.2) is 66.7 Å². The van der Waals surface area contributed by atoms with E-state index < -0.39 is 6.36 Å². The molecule has 1 N–H and O–H groups in total. The fourth-order valence-corrected chi connectivity index (χ4v) is 3.55. The highest BCUT2D eigenvalue weighted by Gasteiger charge is 2.31. The Morgan fingerprint density at radius 1 is 0.909 bits per heavy atom. The topological polar surface area (TPSA) is 72.5 Å². The molecule has 1 aliphatic heterocycles. The van der Waals surface area contributed by atoms with Crippen molar-refractivity contribution in [2.24, 2.45) is 0 Å². The van der Waals surface area contributed by atoms with Gasteiger partial charge in [-0.1, -0.05) is 24.3 Å². The minimum absolute atomic E-state index is 0.190. The van der Waals surface area contributed by atoms with E-state index in [9.17, 15) is 13.2 Å². The van der Waals surface area contributed by atoms with Gasteiger partial charge in [-0.3, -0.25) is 0 Å². The number of benzene rings is 3. The molecule has 0 radical (unpaired) electrons. The Bertz CT molecular complexity index is 1310. The van der Waals surface area contributed by atoms with E-state index in [4.69, 9.17) is 9.47 Å². The van der Waals surface area contributed by atoms with Crippen LogP contribution in [-0.2, 0) is 0 Å². The Hall–Kier alpha value is -4.21. The van der Waals surface area contributed by atoms with E-state index in [0.29, 0.717) is 28.7 Å².